The van der Waals surface area contributed by atoms with Crippen LogP contribution in [-0.4, -0.2) is 18.9 Å². The maximum Gasteiger partial charge on any atom is 0.316 e. The van der Waals surface area contributed by atoms with Crippen LogP contribution in [0, 0.1) is 5.92 Å². The van der Waals surface area contributed by atoms with E-state index in [4.69, 9.17) is 4.74 Å². The summed E-state index contributed by atoms with van der Waals surface area (Å²) < 4.78 is 4.79. The molecule has 0 aliphatic rings. The Bertz CT molecular complexity index is 358. The number of hydrogen-bond acceptors (Lipinski definition) is 3. The van der Waals surface area contributed by atoms with Gasteiger partial charge in [0.1, 0.15) is 11.7 Å². The fourth-order valence-electron chi connectivity index (χ4n) is 2.44. The lowest BCUT2D eigenvalue weighted by atomic mass is 9.93. The number of carbonyl (C=O) groups excluding carboxylic acids is 2. The van der Waals surface area contributed by atoms with E-state index in [0.717, 1.165) is 51.4 Å². The highest BCUT2D eigenvalue weighted by molar-refractivity contribution is 5.98. The van der Waals surface area contributed by atoms with Crippen molar-refractivity contribution < 1.29 is 14.3 Å². The molecule has 1 atom stereocenters. The van der Waals surface area contributed by atoms with Gasteiger partial charge in [0.05, 0.1) is 7.11 Å². The first kappa shape index (κ1) is 20.6. The maximum atomic E-state index is 12.2. The number of hydrogen-bond donors (Lipinski definition) is 0. The predicted molar refractivity (Wildman–Crippen MR) is 91.7 cm³/mol. The van der Waals surface area contributed by atoms with Crippen LogP contribution in [0.5, 0.6) is 0 Å². The molecular formula is C19H32O3. The smallest absolute Gasteiger partial charge is 0.316 e. The Morgan fingerprint density at radius 3 is 2.27 bits per heavy atom. The minimum absolute atomic E-state index is 0.0327. The molecule has 1 unspecified atom stereocenters. The SMILES string of the molecule is C=CCCCCCC(=O)C(CCCCCC(=C)C)C(=O)OC. The van der Waals surface area contributed by atoms with E-state index in [2.05, 4.69) is 13.2 Å². The molecule has 0 N–H and O–H groups in total. The number of ketones is 1. The first-order valence-electron chi connectivity index (χ1n) is 8.38. The second kappa shape index (κ2) is 13.3. The third kappa shape index (κ3) is 10.4. The molecule has 3 heteroatoms. The third-order valence-corrected chi connectivity index (χ3v) is 3.80. The van der Waals surface area contributed by atoms with E-state index in [9.17, 15) is 9.59 Å². The van der Waals surface area contributed by atoms with E-state index in [1.807, 2.05) is 13.0 Å². The van der Waals surface area contributed by atoms with E-state index in [1.165, 1.54) is 12.7 Å². The summed E-state index contributed by atoms with van der Waals surface area (Å²) in [6.45, 7) is 9.58. The predicted octanol–water partition coefficient (Wildman–Crippen LogP) is 5.01. The van der Waals surface area contributed by atoms with Crippen LogP contribution in [0.25, 0.3) is 0 Å². The van der Waals surface area contributed by atoms with E-state index in [-0.39, 0.29) is 11.8 Å². The maximum absolute atomic E-state index is 12.2. The molecule has 0 aromatic carbocycles. The summed E-state index contributed by atoms with van der Waals surface area (Å²) in [4.78, 5) is 24.0. The fourth-order valence-corrected chi connectivity index (χ4v) is 2.44. The Balaban J connectivity index is 4.09. The van der Waals surface area contributed by atoms with Crippen LogP contribution >= 0.6 is 0 Å². The molecule has 0 aliphatic carbocycles. The van der Waals surface area contributed by atoms with Crippen molar-refractivity contribution in [3.05, 3.63) is 24.8 Å². The second-order valence-corrected chi connectivity index (χ2v) is 5.99. The molecule has 0 fully saturated rings. The Morgan fingerprint density at radius 1 is 1.05 bits per heavy atom. The Morgan fingerprint density at radius 2 is 1.68 bits per heavy atom. The van der Waals surface area contributed by atoms with Gasteiger partial charge in [0.2, 0.25) is 0 Å². The normalized spacial score (nSPS) is 11.7. The summed E-state index contributed by atoms with van der Waals surface area (Å²) >= 11 is 0. The van der Waals surface area contributed by atoms with Crippen molar-refractivity contribution in [3.8, 4) is 0 Å². The Labute approximate surface area is 135 Å². The minimum atomic E-state index is -0.575. The molecule has 0 saturated carbocycles. The van der Waals surface area contributed by atoms with Gasteiger partial charge in [-0.3, -0.25) is 9.59 Å². The zero-order chi connectivity index (χ0) is 16.8. The number of esters is 1. The highest BCUT2D eigenvalue weighted by atomic mass is 16.5. The van der Waals surface area contributed by atoms with Crippen molar-refractivity contribution in [2.75, 3.05) is 7.11 Å². The lowest BCUT2D eigenvalue weighted by Gasteiger charge is -2.13. The topological polar surface area (TPSA) is 43.4 Å². The lowest BCUT2D eigenvalue weighted by molar-refractivity contribution is -0.149. The quantitative estimate of drug-likeness (QED) is 0.196. The zero-order valence-corrected chi connectivity index (χ0v) is 14.4. The van der Waals surface area contributed by atoms with Gasteiger partial charge >= 0.3 is 5.97 Å². The number of Topliss-reactive ketones (excluding diaryl/α,β-unsaturated/α-hetero) is 1. The van der Waals surface area contributed by atoms with Crippen molar-refractivity contribution >= 4 is 11.8 Å². The molecule has 0 bridgehead atoms. The number of allylic oxidation sites excluding steroid dienone is 2. The highest BCUT2D eigenvalue weighted by Gasteiger charge is 2.26. The van der Waals surface area contributed by atoms with E-state index in [0.29, 0.717) is 12.8 Å². The molecule has 0 aliphatic heterocycles. The molecule has 0 aromatic heterocycles. The largest absolute Gasteiger partial charge is 0.468 e. The van der Waals surface area contributed by atoms with Crippen molar-refractivity contribution in [2.45, 2.75) is 71.1 Å². The summed E-state index contributed by atoms with van der Waals surface area (Å²) in [6, 6.07) is 0. The zero-order valence-electron chi connectivity index (χ0n) is 14.4. The van der Waals surface area contributed by atoms with Gasteiger partial charge in [-0.25, -0.2) is 0 Å². The molecular weight excluding hydrogens is 276 g/mol. The van der Waals surface area contributed by atoms with Gasteiger partial charge in [-0.15, -0.1) is 13.2 Å². The minimum Gasteiger partial charge on any atom is -0.468 e. The molecule has 0 amide bonds. The van der Waals surface area contributed by atoms with Gasteiger partial charge < -0.3 is 4.74 Å². The summed E-state index contributed by atoms with van der Waals surface area (Å²) in [6.07, 6.45) is 10.8. The number of methoxy groups -OCH3 is 1. The highest BCUT2D eigenvalue weighted by Crippen LogP contribution is 2.18. The summed E-state index contributed by atoms with van der Waals surface area (Å²) in [5.41, 5.74) is 1.18. The van der Waals surface area contributed by atoms with E-state index >= 15 is 0 Å². The van der Waals surface area contributed by atoms with Gasteiger partial charge in [0.15, 0.2) is 0 Å². The molecule has 0 aromatic rings. The van der Waals surface area contributed by atoms with Crippen molar-refractivity contribution in [1.29, 1.82) is 0 Å². The number of carbonyl (C=O) groups is 2. The third-order valence-electron chi connectivity index (χ3n) is 3.80. The van der Waals surface area contributed by atoms with Gasteiger partial charge in [0.25, 0.3) is 0 Å². The number of unbranched alkanes of at least 4 members (excludes halogenated alkanes) is 5. The number of rotatable bonds is 14. The molecule has 3 nitrogen and oxygen atoms in total. The number of ether oxygens (including phenoxy) is 1. The van der Waals surface area contributed by atoms with Crippen LogP contribution in [0.15, 0.2) is 24.8 Å². The Kier molecular flexibility index (Phi) is 12.5. The molecule has 0 radical (unpaired) electrons. The summed E-state index contributed by atoms with van der Waals surface area (Å²) in [5, 5.41) is 0. The van der Waals surface area contributed by atoms with Crippen LogP contribution in [0.1, 0.15) is 71.1 Å². The molecule has 0 rings (SSSR count). The monoisotopic (exact) mass is 308 g/mol. The molecule has 0 spiro atoms. The molecule has 126 valence electrons. The van der Waals surface area contributed by atoms with Gasteiger partial charge in [-0.05, 0) is 45.4 Å². The fraction of sp³-hybridized carbons (Fsp3) is 0.684. The van der Waals surface area contributed by atoms with Gasteiger partial charge in [0, 0.05) is 6.42 Å². The van der Waals surface area contributed by atoms with Crippen LogP contribution < -0.4 is 0 Å². The molecule has 0 saturated heterocycles. The van der Waals surface area contributed by atoms with Crippen LogP contribution in [0.2, 0.25) is 0 Å². The summed E-state index contributed by atoms with van der Waals surface area (Å²) in [7, 11) is 1.35. The summed E-state index contributed by atoms with van der Waals surface area (Å²) in [5.74, 6) is -0.921. The average Bonchev–Trinajstić information content (AvgIpc) is 2.49. The standard InChI is InChI=1S/C19H32O3/c1-5-6-7-8-12-15-18(20)17(19(21)22-4)14-11-9-10-13-16(2)3/h5,17H,1-2,6-15H2,3-4H3. The Hall–Kier alpha value is -1.38. The van der Waals surface area contributed by atoms with Crippen molar-refractivity contribution in [2.24, 2.45) is 5.92 Å². The van der Waals surface area contributed by atoms with Crippen LogP contribution in [-0.2, 0) is 14.3 Å². The average molecular weight is 308 g/mol. The van der Waals surface area contributed by atoms with Crippen molar-refractivity contribution in [3.63, 3.8) is 0 Å². The molecule has 22 heavy (non-hydrogen) atoms. The van der Waals surface area contributed by atoms with Crippen LogP contribution in [0.3, 0.4) is 0 Å². The van der Waals surface area contributed by atoms with Gasteiger partial charge in [-0.2, -0.15) is 0 Å². The lowest BCUT2D eigenvalue weighted by Crippen LogP contribution is -2.25. The van der Waals surface area contributed by atoms with Crippen LogP contribution in [0.4, 0.5) is 0 Å². The van der Waals surface area contributed by atoms with E-state index < -0.39 is 5.92 Å². The first-order chi connectivity index (χ1) is 10.5. The van der Waals surface area contributed by atoms with Gasteiger partial charge in [-0.1, -0.05) is 30.9 Å². The first-order valence-corrected chi connectivity index (χ1v) is 8.38. The van der Waals surface area contributed by atoms with E-state index in [1.54, 1.807) is 0 Å². The second-order valence-electron chi connectivity index (χ2n) is 5.99. The molecule has 0 heterocycles. The van der Waals surface area contributed by atoms with Crippen molar-refractivity contribution in [1.82, 2.24) is 0 Å².